The molecule has 0 spiro atoms. The minimum atomic E-state index is -0.805. The van der Waals surface area contributed by atoms with Gasteiger partial charge in [-0.1, -0.05) is 30.3 Å². The van der Waals surface area contributed by atoms with Gasteiger partial charge in [-0.2, -0.15) is 0 Å². The van der Waals surface area contributed by atoms with Crippen molar-refractivity contribution in [2.75, 3.05) is 26.2 Å². The van der Waals surface area contributed by atoms with E-state index in [1.165, 1.54) is 6.92 Å². The van der Waals surface area contributed by atoms with Crippen LogP contribution >= 0.6 is 0 Å². The molecule has 1 heterocycles. The lowest BCUT2D eigenvalue weighted by atomic mass is 10.1. The molecule has 0 aromatic heterocycles. The lowest BCUT2D eigenvalue weighted by molar-refractivity contribution is -0.139. The van der Waals surface area contributed by atoms with Gasteiger partial charge in [-0.25, -0.2) is 0 Å². The van der Waals surface area contributed by atoms with Crippen molar-refractivity contribution in [2.24, 2.45) is 0 Å². The van der Waals surface area contributed by atoms with E-state index in [1.807, 2.05) is 30.3 Å². The number of hydrogen-bond acceptors (Lipinski definition) is 3. The Morgan fingerprint density at radius 1 is 1.32 bits per heavy atom. The van der Waals surface area contributed by atoms with Crippen molar-refractivity contribution in [1.82, 2.24) is 9.80 Å². The highest BCUT2D eigenvalue weighted by Crippen LogP contribution is 2.20. The number of carbonyl (C=O) groups is 2. The van der Waals surface area contributed by atoms with Crippen LogP contribution in [0.1, 0.15) is 25.8 Å². The summed E-state index contributed by atoms with van der Waals surface area (Å²) in [5, 5.41) is 9.93. The Kier molecular flexibility index (Phi) is 5.19. The van der Waals surface area contributed by atoms with Crippen LogP contribution in [0.15, 0.2) is 30.3 Å². The van der Waals surface area contributed by atoms with E-state index in [0.717, 1.165) is 12.0 Å². The van der Waals surface area contributed by atoms with Gasteiger partial charge in [0.25, 0.3) is 0 Å². The predicted octanol–water partition coefficient (Wildman–Crippen LogP) is 1.06. The van der Waals surface area contributed by atoms with Crippen molar-refractivity contribution >= 4 is 11.8 Å². The second-order valence-corrected chi connectivity index (χ2v) is 6.24. The maximum absolute atomic E-state index is 12.3. The number of amides is 2. The molecule has 5 nitrogen and oxygen atoms in total. The molecule has 1 N–H and O–H groups in total. The number of likely N-dealkylation sites (tertiary alicyclic amines) is 1. The van der Waals surface area contributed by atoms with Gasteiger partial charge in [0, 0.05) is 26.6 Å². The summed E-state index contributed by atoms with van der Waals surface area (Å²) >= 11 is 0. The summed E-state index contributed by atoms with van der Waals surface area (Å²) in [4.78, 5) is 27.2. The molecular formula is C17H24N2O3. The molecule has 2 rings (SSSR count). The average molecular weight is 304 g/mol. The summed E-state index contributed by atoms with van der Waals surface area (Å²) in [6, 6.07) is 9.90. The molecule has 0 bridgehead atoms. The van der Waals surface area contributed by atoms with Crippen molar-refractivity contribution < 1.29 is 14.7 Å². The fourth-order valence-corrected chi connectivity index (χ4v) is 2.68. The van der Waals surface area contributed by atoms with E-state index in [4.69, 9.17) is 0 Å². The Hall–Kier alpha value is -1.88. The predicted molar refractivity (Wildman–Crippen MR) is 84.2 cm³/mol. The van der Waals surface area contributed by atoms with E-state index in [2.05, 4.69) is 0 Å². The van der Waals surface area contributed by atoms with Crippen LogP contribution in [0.25, 0.3) is 0 Å². The smallest absolute Gasteiger partial charge is 0.242 e. The molecule has 2 amide bonds. The average Bonchev–Trinajstić information content (AvgIpc) is 2.84. The van der Waals surface area contributed by atoms with Crippen LogP contribution in [0.5, 0.6) is 0 Å². The number of β-amino-alcohol motifs (C(OH)–C–C–N with tert-alkyl or cyclic N) is 1. The highest BCUT2D eigenvalue weighted by molar-refractivity contribution is 5.84. The summed E-state index contributed by atoms with van der Waals surface area (Å²) in [5.74, 6) is -0.198. The van der Waals surface area contributed by atoms with Crippen LogP contribution in [0, 0.1) is 0 Å². The third kappa shape index (κ3) is 4.56. The van der Waals surface area contributed by atoms with Gasteiger partial charge in [-0.15, -0.1) is 0 Å². The Balaban J connectivity index is 1.89. The van der Waals surface area contributed by atoms with Gasteiger partial charge in [0.15, 0.2) is 0 Å². The van der Waals surface area contributed by atoms with Crippen molar-refractivity contribution in [3.8, 4) is 0 Å². The highest BCUT2D eigenvalue weighted by Gasteiger charge is 2.34. The summed E-state index contributed by atoms with van der Waals surface area (Å²) < 4.78 is 0. The second kappa shape index (κ2) is 6.92. The molecule has 0 saturated carbocycles. The number of hydrogen-bond donors (Lipinski definition) is 1. The topological polar surface area (TPSA) is 60.9 Å². The third-order valence-corrected chi connectivity index (χ3v) is 4.09. The third-order valence-electron chi connectivity index (χ3n) is 4.09. The SMILES string of the molecule is CC(=O)N(CCc1ccccc1)CC(=O)N1CCC(C)(O)C1. The van der Waals surface area contributed by atoms with Gasteiger partial charge in [0.2, 0.25) is 11.8 Å². The normalized spacial score (nSPS) is 21.0. The van der Waals surface area contributed by atoms with Gasteiger partial charge < -0.3 is 14.9 Å². The number of aliphatic hydroxyl groups is 1. The van der Waals surface area contributed by atoms with Crippen LogP contribution < -0.4 is 0 Å². The molecule has 1 unspecified atom stereocenters. The lowest BCUT2D eigenvalue weighted by Crippen LogP contribution is -2.43. The summed E-state index contributed by atoms with van der Waals surface area (Å²) in [6.45, 7) is 4.72. The first-order valence-corrected chi connectivity index (χ1v) is 7.67. The van der Waals surface area contributed by atoms with Gasteiger partial charge in [-0.3, -0.25) is 9.59 Å². The summed E-state index contributed by atoms with van der Waals surface area (Å²) in [6.07, 6.45) is 1.31. The zero-order valence-electron chi connectivity index (χ0n) is 13.3. The van der Waals surface area contributed by atoms with E-state index in [-0.39, 0.29) is 18.4 Å². The molecule has 1 aliphatic heterocycles. The fourth-order valence-electron chi connectivity index (χ4n) is 2.68. The number of nitrogens with zero attached hydrogens (tertiary/aromatic N) is 2. The second-order valence-electron chi connectivity index (χ2n) is 6.24. The Bertz CT molecular complexity index is 528. The maximum Gasteiger partial charge on any atom is 0.242 e. The molecule has 1 atom stereocenters. The van der Waals surface area contributed by atoms with Crippen molar-refractivity contribution in [2.45, 2.75) is 32.3 Å². The van der Waals surface area contributed by atoms with Gasteiger partial charge in [0.1, 0.15) is 0 Å². The van der Waals surface area contributed by atoms with Crippen LogP contribution in [0.4, 0.5) is 0 Å². The lowest BCUT2D eigenvalue weighted by Gasteiger charge is -2.25. The van der Waals surface area contributed by atoms with E-state index in [9.17, 15) is 14.7 Å². The Labute approximate surface area is 131 Å². The molecule has 5 heteroatoms. The van der Waals surface area contributed by atoms with E-state index >= 15 is 0 Å². The van der Waals surface area contributed by atoms with Crippen molar-refractivity contribution in [3.05, 3.63) is 35.9 Å². The molecule has 1 aromatic carbocycles. The Morgan fingerprint density at radius 3 is 2.55 bits per heavy atom. The van der Waals surface area contributed by atoms with Gasteiger partial charge >= 0.3 is 0 Å². The largest absolute Gasteiger partial charge is 0.388 e. The van der Waals surface area contributed by atoms with Gasteiger partial charge in [-0.05, 0) is 25.3 Å². The first-order valence-electron chi connectivity index (χ1n) is 7.67. The standard InChI is InChI=1S/C17H24N2O3/c1-14(20)18(10-8-15-6-4-3-5-7-15)12-16(21)19-11-9-17(2,22)13-19/h3-7,22H,8-13H2,1-2H3. The fraction of sp³-hybridized carbons (Fsp3) is 0.529. The van der Waals surface area contributed by atoms with E-state index < -0.39 is 5.60 Å². The molecule has 0 aliphatic carbocycles. The number of rotatable bonds is 5. The highest BCUT2D eigenvalue weighted by atomic mass is 16.3. The first-order chi connectivity index (χ1) is 10.4. The van der Waals surface area contributed by atoms with Crippen LogP contribution in [0.2, 0.25) is 0 Å². The quantitative estimate of drug-likeness (QED) is 0.885. The van der Waals surface area contributed by atoms with E-state index in [1.54, 1.807) is 16.7 Å². The first kappa shape index (κ1) is 16.5. The van der Waals surface area contributed by atoms with Crippen LogP contribution in [-0.2, 0) is 16.0 Å². The van der Waals surface area contributed by atoms with E-state index in [0.29, 0.717) is 26.1 Å². The number of carbonyl (C=O) groups excluding carboxylic acids is 2. The molecule has 22 heavy (non-hydrogen) atoms. The molecule has 1 aliphatic rings. The Morgan fingerprint density at radius 2 is 2.00 bits per heavy atom. The molecular weight excluding hydrogens is 280 g/mol. The van der Waals surface area contributed by atoms with Crippen molar-refractivity contribution in [3.63, 3.8) is 0 Å². The van der Waals surface area contributed by atoms with Crippen molar-refractivity contribution in [1.29, 1.82) is 0 Å². The van der Waals surface area contributed by atoms with Crippen LogP contribution in [-0.4, -0.2) is 58.5 Å². The molecule has 1 aromatic rings. The molecule has 120 valence electrons. The molecule has 1 fully saturated rings. The minimum absolute atomic E-state index is 0.0816. The van der Waals surface area contributed by atoms with Crippen LogP contribution in [0.3, 0.4) is 0 Å². The zero-order valence-corrected chi connectivity index (χ0v) is 13.3. The summed E-state index contributed by atoms with van der Waals surface area (Å²) in [7, 11) is 0. The monoisotopic (exact) mass is 304 g/mol. The molecule has 1 saturated heterocycles. The summed E-state index contributed by atoms with van der Waals surface area (Å²) in [5.41, 5.74) is 0.339. The molecule has 0 radical (unpaired) electrons. The zero-order chi connectivity index (χ0) is 16.2. The number of benzene rings is 1. The minimum Gasteiger partial charge on any atom is -0.388 e. The maximum atomic E-state index is 12.3. The van der Waals surface area contributed by atoms with Gasteiger partial charge in [0.05, 0.1) is 12.1 Å².